The van der Waals surface area contributed by atoms with Crippen molar-refractivity contribution in [2.24, 2.45) is 5.92 Å². The number of allylic oxidation sites excluding steroid dienone is 1. The number of halogens is 1. The van der Waals surface area contributed by atoms with Crippen LogP contribution in [0.25, 0.3) is 0 Å². The molecular weight excluding hydrogens is 276 g/mol. The molecule has 1 saturated carbocycles. The molecule has 2 rings (SSSR count). The van der Waals surface area contributed by atoms with E-state index in [0.29, 0.717) is 5.92 Å². The maximum Gasteiger partial charge on any atom is 0.0612 e. The molecule has 0 aromatic heterocycles. The van der Waals surface area contributed by atoms with Crippen LogP contribution in [-0.4, -0.2) is 11.7 Å². The molecule has 0 unspecified atom stereocenters. The van der Waals surface area contributed by atoms with Gasteiger partial charge in [-0.25, -0.2) is 0 Å². The topological polar surface area (TPSA) is 20.2 Å². The van der Waals surface area contributed by atoms with Crippen molar-refractivity contribution in [1.29, 1.82) is 0 Å². The predicted molar refractivity (Wildman–Crippen MR) is 75.1 cm³/mol. The minimum atomic E-state index is 0.173. The van der Waals surface area contributed by atoms with E-state index in [4.69, 9.17) is 5.11 Å². The lowest BCUT2D eigenvalue weighted by Gasteiger charge is -2.27. The second-order valence-corrected chi connectivity index (χ2v) is 5.69. The Balaban J connectivity index is 1.90. The van der Waals surface area contributed by atoms with Gasteiger partial charge in [-0.15, -0.1) is 0 Å². The van der Waals surface area contributed by atoms with Crippen LogP contribution in [-0.2, 0) is 0 Å². The molecule has 1 aromatic rings. The normalized spacial score (nSPS) is 25.3. The maximum absolute atomic E-state index is 8.76. The molecule has 0 saturated heterocycles. The quantitative estimate of drug-likeness (QED) is 0.826. The minimum Gasteiger partial charge on any atom is -0.392 e. The summed E-state index contributed by atoms with van der Waals surface area (Å²) < 4.78 is 1.15. The SMILES string of the molecule is OCC=C[C@H]1CC[C@H](c2ccc(Br)cc2)CC1. The van der Waals surface area contributed by atoms with Gasteiger partial charge in [0, 0.05) is 4.47 Å². The fourth-order valence-electron chi connectivity index (χ4n) is 2.63. The van der Waals surface area contributed by atoms with Crippen LogP contribution in [0.1, 0.15) is 37.2 Å². The highest BCUT2D eigenvalue weighted by molar-refractivity contribution is 9.10. The number of aliphatic hydroxyl groups is 1. The van der Waals surface area contributed by atoms with Crippen LogP contribution >= 0.6 is 15.9 Å². The third-order valence-corrected chi connectivity index (χ3v) is 4.16. The average molecular weight is 295 g/mol. The van der Waals surface area contributed by atoms with Gasteiger partial charge >= 0.3 is 0 Å². The summed E-state index contributed by atoms with van der Waals surface area (Å²) in [5.41, 5.74) is 1.47. The molecule has 1 aromatic carbocycles. The molecule has 92 valence electrons. The van der Waals surface area contributed by atoms with Crippen molar-refractivity contribution in [1.82, 2.24) is 0 Å². The summed E-state index contributed by atoms with van der Waals surface area (Å²) in [6, 6.07) is 8.73. The molecule has 0 aliphatic heterocycles. The number of rotatable bonds is 3. The molecule has 1 aliphatic carbocycles. The summed E-state index contributed by atoms with van der Waals surface area (Å²) in [6.45, 7) is 0.173. The Morgan fingerprint density at radius 1 is 1.12 bits per heavy atom. The monoisotopic (exact) mass is 294 g/mol. The zero-order chi connectivity index (χ0) is 12.1. The number of aliphatic hydroxyl groups excluding tert-OH is 1. The fraction of sp³-hybridized carbons (Fsp3) is 0.467. The van der Waals surface area contributed by atoms with Crippen molar-refractivity contribution in [2.75, 3.05) is 6.61 Å². The van der Waals surface area contributed by atoms with Gasteiger partial charge in [-0.3, -0.25) is 0 Å². The molecule has 1 N–H and O–H groups in total. The summed E-state index contributed by atoms with van der Waals surface area (Å²) >= 11 is 3.47. The molecule has 17 heavy (non-hydrogen) atoms. The summed E-state index contributed by atoms with van der Waals surface area (Å²) in [5.74, 6) is 1.40. The third kappa shape index (κ3) is 3.68. The van der Waals surface area contributed by atoms with Gasteiger partial charge in [0.2, 0.25) is 0 Å². The Kier molecular flexibility index (Phi) is 4.81. The first-order valence-electron chi connectivity index (χ1n) is 6.32. The Hall–Kier alpha value is -0.600. The molecular formula is C15H19BrO. The van der Waals surface area contributed by atoms with E-state index in [2.05, 4.69) is 46.3 Å². The van der Waals surface area contributed by atoms with Crippen molar-refractivity contribution in [2.45, 2.75) is 31.6 Å². The molecule has 0 bridgehead atoms. The Labute approximate surface area is 112 Å². The van der Waals surface area contributed by atoms with Gasteiger partial charge in [-0.2, -0.15) is 0 Å². The van der Waals surface area contributed by atoms with E-state index in [9.17, 15) is 0 Å². The van der Waals surface area contributed by atoms with Gasteiger partial charge in [0.05, 0.1) is 6.61 Å². The van der Waals surface area contributed by atoms with Crippen LogP contribution in [0.4, 0.5) is 0 Å². The largest absolute Gasteiger partial charge is 0.392 e. The summed E-state index contributed by atoms with van der Waals surface area (Å²) in [5, 5.41) is 8.76. The first kappa shape index (κ1) is 12.8. The minimum absolute atomic E-state index is 0.173. The van der Waals surface area contributed by atoms with Gasteiger partial charge in [0.15, 0.2) is 0 Å². The summed E-state index contributed by atoms with van der Waals surface area (Å²) in [6.07, 6.45) is 9.08. The third-order valence-electron chi connectivity index (χ3n) is 3.63. The van der Waals surface area contributed by atoms with Crippen LogP contribution < -0.4 is 0 Å². The van der Waals surface area contributed by atoms with Gasteiger partial charge < -0.3 is 5.11 Å². The molecule has 0 spiro atoms. The first-order valence-corrected chi connectivity index (χ1v) is 7.12. The maximum atomic E-state index is 8.76. The standard InChI is InChI=1S/C15H19BrO/c16-15-9-7-14(8-10-15)13-5-3-12(4-6-13)2-1-11-17/h1-2,7-10,12-13,17H,3-6,11H2/t12-,13-. The molecule has 1 fully saturated rings. The Bertz CT molecular complexity index is 361. The lowest BCUT2D eigenvalue weighted by molar-refractivity contribution is 0.337. The van der Waals surface area contributed by atoms with Crippen molar-refractivity contribution in [3.63, 3.8) is 0 Å². The van der Waals surface area contributed by atoms with E-state index in [-0.39, 0.29) is 6.61 Å². The molecule has 0 radical (unpaired) electrons. The second-order valence-electron chi connectivity index (χ2n) is 4.77. The molecule has 0 amide bonds. The van der Waals surface area contributed by atoms with Gasteiger partial charge in [-0.1, -0.05) is 40.2 Å². The van der Waals surface area contributed by atoms with E-state index in [1.807, 2.05) is 6.08 Å². The van der Waals surface area contributed by atoms with Crippen molar-refractivity contribution in [3.05, 3.63) is 46.5 Å². The molecule has 0 atom stereocenters. The summed E-state index contributed by atoms with van der Waals surface area (Å²) in [7, 11) is 0. The van der Waals surface area contributed by atoms with E-state index >= 15 is 0 Å². The average Bonchev–Trinajstić information content (AvgIpc) is 2.38. The fourth-order valence-corrected chi connectivity index (χ4v) is 2.90. The zero-order valence-corrected chi connectivity index (χ0v) is 11.6. The van der Waals surface area contributed by atoms with E-state index in [0.717, 1.165) is 10.4 Å². The first-order chi connectivity index (χ1) is 8.29. The number of hydrogen-bond donors (Lipinski definition) is 1. The highest BCUT2D eigenvalue weighted by Gasteiger charge is 2.20. The molecule has 2 heteroatoms. The Morgan fingerprint density at radius 3 is 2.35 bits per heavy atom. The van der Waals surface area contributed by atoms with Crippen LogP contribution in [0.15, 0.2) is 40.9 Å². The highest BCUT2D eigenvalue weighted by atomic mass is 79.9. The second kappa shape index (κ2) is 6.36. The summed E-state index contributed by atoms with van der Waals surface area (Å²) in [4.78, 5) is 0. The van der Waals surface area contributed by atoms with Crippen LogP contribution in [0.3, 0.4) is 0 Å². The van der Waals surface area contributed by atoms with E-state index < -0.39 is 0 Å². The van der Waals surface area contributed by atoms with Crippen LogP contribution in [0.2, 0.25) is 0 Å². The molecule has 0 heterocycles. The van der Waals surface area contributed by atoms with E-state index in [1.54, 1.807) is 0 Å². The van der Waals surface area contributed by atoms with Crippen molar-refractivity contribution >= 4 is 15.9 Å². The zero-order valence-electron chi connectivity index (χ0n) is 9.98. The van der Waals surface area contributed by atoms with Crippen LogP contribution in [0, 0.1) is 5.92 Å². The highest BCUT2D eigenvalue weighted by Crippen LogP contribution is 2.36. The number of hydrogen-bond acceptors (Lipinski definition) is 1. The smallest absolute Gasteiger partial charge is 0.0612 e. The predicted octanol–water partition coefficient (Wildman–Crippen LogP) is 4.27. The van der Waals surface area contributed by atoms with Crippen molar-refractivity contribution < 1.29 is 5.11 Å². The lowest BCUT2D eigenvalue weighted by atomic mass is 9.78. The molecule has 1 aliphatic rings. The van der Waals surface area contributed by atoms with Gasteiger partial charge in [0.1, 0.15) is 0 Å². The van der Waals surface area contributed by atoms with Gasteiger partial charge in [0.25, 0.3) is 0 Å². The molecule has 1 nitrogen and oxygen atoms in total. The Morgan fingerprint density at radius 2 is 1.76 bits per heavy atom. The number of benzene rings is 1. The van der Waals surface area contributed by atoms with Crippen molar-refractivity contribution in [3.8, 4) is 0 Å². The van der Waals surface area contributed by atoms with E-state index in [1.165, 1.54) is 31.2 Å². The lowest BCUT2D eigenvalue weighted by Crippen LogP contribution is -2.11. The van der Waals surface area contributed by atoms with Gasteiger partial charge in [-0.05, 0) is 55.2 Å². The van der Waals surface area contributed by atoms with Crippen LogP contribution in [0.5, 0.6) is 0 Å².